The fraction of sp³-hybridized carbons (Fsp3) is 0.458. The van der Waals surface area contributed by atoms with E-state index in [1.165, 1.54) is 0 Å². The van der Waals surface area contributed by atoms with Gasteiger partial charge in [-0.1, -0.05) is 0 Å². The van der Waals surface area contributed by atoms with E-state index in [0.717, 1.165) is 67.8 Å². The van der Waals surface area contributed by atoms with Gasteiger partial charge >= 0.3 is 0 Å². The molecule has 3 aromatic rings. The number of methoxy groups -OCH3 is 2. The van der Waals surface area contributed by atoms with Crippen LogP contribution >= 0.6 is 0 Å². The van der Waals surface area contributed by atoms with E-state index in [1.807, 2.05) is 23.2 Å². The molecular weight excluding hydrogens is 436 g/mol. The lowest BCUT2D eigenvalue weighted by molar-refractivity contribution is -0.133. The quantitative estimate of drug-likeness (QED) is 0.594. The van der Waals surface area contributed by atoms with Crippen molar-refractivity contribution in [1.82, 2.24) is 24.8 Å². The van der Waals surface area contributed by atoms with Gasteiger partial charge in [-0.05, 0) is 18.4 Å². The first-order valence-electron chi connectivity index (χ1n) is 11.6. The van der Waals surface area contributed by atoms with Crippen LogP contribution in [0.1, 0.15) is 24.8 Å². The van der Waals surface area contributed by atoms with Crippen LogP contribution in [0.3, 0.4) is 0 Å². The summed E-state index contributed by atoms with van der Waals surface area (Å²) >= 11 is 0. The molecule has 3 aliphatic rings. The average molecular weight is 467 g/mol. The van der Waals surface area contributed by atoms with Crippen LogP contribution in [-0.4, -0.2) is 77.7 Å². The SMILES string of the molecule is COc1cc2cc(c1OC)OCCCCC(=O)N1CCN(CC1)Cc1c[nH]c3ncnc(c13)N2. The van der Waals surface area contributed by atoms with Crippen LogP contribution in [0.2, 0.25) is 0 Å². The summed E-state index contributed by atoms with van der Waals surface area (Å²) in [5, 5.41) is 4.38. The summed E-state index contributed by atoms with van der Waals surface area (Å²) in [7, 11) is 3.19. The van der Waals surface area contributed by atoms with Crippen molar-refractivity contribution < 1.29 is 19.0 Å². The minimum Gasteiger partial charge on any atom is -0.493 e. The van der Waals surface area contributed by atoms with E-state index in [9.17, 15) is 4.79 Å². The summed E-state index contributed by atoms with van der Waals surface area (Å²) in [6.07, 6.45) is 5.62. The number of carbonyl (C=O) groups excluding carboxylic acids is 1. The van der Waals surface area contributed by atoms with Crippen molar-refractivity contribution in [3.05, 3.63) is 30.2 Å². The molecule has 34 heavy (non-hydrogen) atoms. The van der Waals surface area contributed by atoms with E-state index in [2.05, 4.69) is 25.2 Å². The molecule has 180 valence electrons. The van der Waals surface area contributed by atoms with Crippen LogP contribution in [0.25, 0.3) is 11.0 Å². The van der Waals surface area contributed by atoms with Crippen LogP contribution < -0.4 is 19.5 Å². The molecule has 5 heterocycles. The first-order chi connectivity index (χ1) is 16.7. The number of hydrogen-bond donors (Lipinski definition) is 2. The number of nitrogens with one attached hydrogen (secondary N) is 2. The Balaban J connectivity index is 1.54. The molecule has 2 aromatic heterocycles. The smallest absolute Gasteiger partial charge is 0.222 e. The van der Waals surface area contributed by atoms with Gasteiger partial charge in [0.1, 0.15) is 17.8 Å². The number of carbonyl (C=O) groups is 1. The molecule has 1 amide bonds. The van der Waals surface area contributed by atoms with Crippen molar-refractivity contribution in [3.63, 3.8) is 0 Å². The van der Waals surface area contributed by atoms with Gasteiger partial charge in [-0.2, -0.15) is 0 Å². The van der Waals surface area contributed by atoms with E-state index in [0.29, 0.717) is 36.1 Å². The molecule has 0 spiro atoms. The van der Waals surface area contributed by atoms with Gasteiger partial charge in [0.25, 0.3) is 0 Å². The zero-order valence-corrected chi connectivity index (χ0v) is 19.6. The standard InChI is InChI=1S/C24H30N6O4/c1-32-18-11-17-12-19(22(18)33-2)34-10-4-3-5-20(31)30-8-6-29(7-9-30)14-16-13-25-23-21(16)24(28-17)27-15-26-23/h11-13,15H,3-10,14H2,1-2H3,(H2,25,26,27,28). The molecule has 3 aliphatic heterocycles. The number of aromatic nitrogens is 3. The zero-order chi connectivity index (χ0) is 23.5. The van der Waals surface area contributed by atoms with Crippen LogP contribution in [0.15, 0.2) is 24.7 Å². The maximum atomic E-state index is 12.7. The van der Waals surface area contributed by atoms with Crippen LogP contribution in [0.5, 0.6) is 17.2 Å². The van der Waals surface area contributed by atoms with Crippen LogP contribution in [-0.2, 0) is 11.3 Å². The van der Waals surface area contributed by atoms with Crippen molar-refractivity contribution >= 4 is 28.4 Å². The molecular formula is C24H30N6O4. The molecule has 2 N–H and O–H groups in total. The molecule has 1 saturated heterocycles. The predicted octanol–water partition coefficient (Wildman–Crippen LogP) is 2.93. The summed E-state index contributed by atoms with van der Waals surface area (Å²) < 4.78 is 17.2. The van der Waals surface area contributed by atoms with Crippen LogP contribution in [0, 0.1) is 0 Å². The fourth-order valence-electron chi connectivity index (χ4n) is 4.61. The summed E-state index contributed by atoms with van der Waals surface area (Å²) in [4.78, 5) is 29.2. The van der Waals surface area contributed by atoms with Crippen molar-refractivity contribution in [2.75, 3.05) is 52.3 Å². The zero-order valence-electron chi connectivity index (χ0n) is 19.6. The van der Waals surface area contributed by atoms with Crippen molar-refractivity contribution in [2.24, 2.45) is 0 Å². The lowest BCUT2D eigenvalue weighted by atomic mass is 10.1. The summed E-state index contributed by atoms with van der Waals surface area (Å²) in [6, 6.07) is 3.75. The normalized spacial score (nSPS) is 17.6. The molecule has 0 aliphatic carbocycles. The molecule has 0 saturated carbocycles. The third-order valence-corrected chi connectivity index (χ3v) is 6.42. The van der Waals surface area contributed by atoms with E-state index >= 15 is 0 Å². The number of ether oxygens (including phenoxy) is 3. The molecule has 1 fully saturated rings. The van der Waals surface area contributed by atoms with Gasteiger partial charge in [0, 0.05) is 63.2 Å². The maximum absolute atomic E-state index is 12.7. The highest BCUT2D eigenvalue weighted by Crippen LogP contribution is 2.41. The number of fused-ring (bicyclic) bond motifs is 7. The predicted molar refractivity (Wildman–Crippen MR) is 128 cm³/mol. The Kier molecular flexibility index (Phi) is 6.39. The highest BCUT2D eigenvalue weighted by Gasteiger charge is 2.23. The Labute approximate surface area is 198 Å². The molecule has 0 unspecified atom stereocenters. The number of anilines is 2. The van der Waals surface area contributed by atoms with E-state index in [-0.39, 0.29) is 5.91 Å². The molecule has 4 bridgehead atoms. The second-order valence-corrected chi connectivity index (χ2v) is 8.56. The largest absolute Gasteiger partial charge is 0.493 e. The second-order valence-electron chi connectivity index (χ2n) is 8.56. The highest BCUT2D eigenvalue weighted by molar-refractivity contribution is 5.92. The topological polar surface area (TPSA) is 105 Å². The van der Waals surface area contributed by atoms with Gasteiger partial charge < -0.3 is 29.4 Å². The first kappa shape index (κ1) is 22.3. The molecule has 10 nitrogen and oxygen atoms in total. The third kappa shape index (κ3) is 4.45. The summed E-state index contributed by atoms with van der Waals surface area (Å²) in [5.74, 6) is 2.58. The molecule has 0 radical (unpaired) electrons. The average Bonchev–Trinajstić information content (AvgIpc) is 3.27. The number of rotatable bonds is 2. The number of piperazine rings is 1. The van der Waals surface area contributed by atoms with Gasteiger partial charge in [-0.3, -0.25) is 9.69 Å². The van der Waals surface area contributed by atoms with Gasteiger partial charge in [-0.15, -0.1) is 0 Å². The number of aromatic amines is 1. The van der Waals surface area contributed by atoms with E-state index in [1.54, 1.807) is 20.5 Å². The summed E-state index contributed by atoms with van der Waals surface area (Å²) in [6.45, 7) is 4.42. The molecule has 1 aromatic carbocycles. The lowest BCUT2D eigenvalue weighted by Gasteiger charge is -2.34. The minimum atomic E-state index is 0.217. The Bertz CT molecular complexity index is 1170. The number of hydrogen-bond acceptors (Lipinski definition) is 8. The van der Waals surface area contributed by atoms with Gasteiger partial charge in [0.05, 0.1) is 26.2 Å². The van der Waals surface area contributed by atoms with Crippen molar-refractivity contribution in [2.45, 2.75) is 25.8 Å². The number of benzene rings is 1. The Morgan fingerprint density at radius 2 is 1.91 bits per heavy atom. The fourth-order valence-corrected chi connectivity index (χ4v) is 4.61. The Hall–Kier alpha value is -3.53. The maximum Gasteiger partial charge on any atom is 0.222 e. The van der Waals surface area contributed by atoms with E-state index < -0.39 is 0 Å². The highest BCUT2D eigenvalue weighted by atomic mass is 16.5. The van der Waals surface area contributed by atoms with Crippen molar-refractivity contribution in [3.8, 4) is 17.2 Å². The first-order valence-corrected chi connectivity index (χ1v) is 11.6. The summed E-state index contributed by atoms with van der Waals surface area (Å²) in [5.41, 5.74) is 2.65. The molecule has 10 heteroatoms. The monoisotopic (exact) mass is 466 g/mol. The minimum absolute atomic E-state index is 0.217. The van der Waals surface area contributed by atoms with E-state index in [4.69, 9.17) is 14.2 Å². The number of H-pyrrole nitrogens is 1. The lowest BCUT2D eigenvalue weighted by Crippen LogP contribution is -2.48. The third-order valence-electron chi connectivity index (χ3n) is 6.42. The Morgan fingerprint density at radius 1 is 1.06 bits per heavy atom. The van der Waals surface area contributed by atoms with Gasteiger partial charge in [-0.25, -0.2) is 9.97 Å². The molecule has 6 rings (SSSR count). The van der Waals surface area contributed by atoms with Crippen molar-refractivity contribution in [1.29, 1.82) is 0 Å². The second kappa shape index (κ2) is 9.76. The number of nitrogens with zero attached hydrogens (tertiary/aromatic N) is 4. The van der Waals surface area contributed by atoms with Gasteiger partial charge in [0.2, 0.25) is 11.7 Å². The number of amides is 1. The van der Waals surface area contributed by atoms with Crippen LogP contribution in [0.4, 0.5) is 11.5 Å². The van der Waals surface area contributed by atoms with Gasteiger partial charge in [0.15, 0.2) is 11.5 Å². The molecule has 0 atom stereocenters. The Morgan fingerprint density at radius 3 is 2.71 bits per heavy atom.